The van der Waals surface area contributed by atoms with Gasteiger partial charge in [0.25, 0.3) is 0 Å². The molecular formula is C8H20O5. The minimum absolute atomic E-state index is 0.0278. The fraction of sp³-hybridized carbons (Fsp3) is 1.00. The number of aliphatic hydroxyl groups is 4. The fourth-order valence-corrected chi connectivity index (χ4v) is 0.360. The summed E-state index contributed by atoms with van der Waals surface area (Å²) in [6.45, 7) is 2.40. The summed E-state index contributed by atoms with van der Waals surface area (Å²) >= 11 is 0. The average molecular weight is 196 g/mol. The summed E-state index contributed by atoms with van der Waals surface area (Å²) in [5, 5.41) is 32.7. The maximum absolute atomic E-state index is 8.42. The molecule has 0 aliphatic carbocycles. The van der Waals surface area contributed by atoms with Crippen molar-refractivity contribution in [3.63, 3.8) is 0 Å². The lowest BCUT2D eigenvalue weighted by molar-refractivity contribution is 0.0650. The van der Waals surface area contributed by atoms with Gasteiger partial charge < -0.3 is 25.2 Å². The summed E-state index contributed by atoms with van der Waals surface area (Å²) in [6, 6.07) is 0. The fourth-order valence-electron chi connectivity index (χ4n) is 0.360. The quantitative estimate of drug-likeness (QED) is 0.398. The second kappa shape index (κ2) is 14.3. The number of ether oxygens (including phenoxy) is 1. The van der Waals surface area contributed by atoms with E-state index in [2.05, 4.69) is 4.74 Å². The predicted molar refractivity (Wildman–Crippen MR) is 48.4 cm³/mol. The van der Waals surface area contributed by atoms with Crippen LogP contribution in [0.3, 0.4) is 0 Å². The van der Waals surface area contributed by atoms with Crippen molar-refractivity contribution >= 4 is 0 Å². The van der Waals surface area contributed by atoms with E-state index >= 15 is 0 Å². The van der Waals surface area contributed by atoms with Crippen molar-refractivity contribution in [1.82, 2.24) is 0 Å². The first-order valence-electron chi connectivity index (χ1n) is 4.31. The maximum atomic E-state index is 8.42. The van der Waals surface area contributed by atoms with E-state index < -0.39 is 6.10 Å². The van der Waals surface area contributed by atoms with Crippen LogP contribution in [0.25, 0.3) is 0 Å². The SMILES string of the molecule is CCC(O)CO.OCCOCCO. The van der Waals surface area contributed by atoms with Crippen LogP contribution in [0, 0.1) is 0 Å². The first kappa shape index (κ1) is 15.3. The average Bonchev–Trinajstić information content (AvgIpc) is 2.18. The Morgan fingerprint density at radius 1 is 1.08 bits per heavy atom. The van der Waals surface area contributed by atoms with E-state index in [0.29, 0.717) is 19.6 Å². The van der Waals surface area contributed by atoms with Crippen LogP contribution in [-0.2, 0) is 4.74 Å². The highest BCUT2D eigenvalue weighted by Crippen LogP contribution is 1.83. The Kier molecular flexibility index (Phi) is 16.8. The maximum Gasteiger partial charge on any atom is 0.0768 e. The highest BCUT2D eigenvalue weighted by Gasteiger charge is 1.92. The zero-order valence-corrected chi connectivity index (χ0v) is 8.02. The minimum atomic E-state index is -0.509. The van der Waals surface area contributed by atoms with Gasteiger partial charge in [-0.3, -0.25) is 0 Å². The van der Waals surface area contributed by atoms with Gasteiger partial charge in [-0.05, 0) is 6.42 Å². The van der Waals surface area contributed by atoms with Gasteiger partial charge in [-0.25, -0.2) is 0 Å². The highest BCUT2D eigenvalue weighted by atomic mass is 16.5. The van der Waals surface area contributed by atoms with Crippen LogP contribution in [-0.4, -0.2) is 59.6 Å². The molecule has 0 fully saturated rings. The lowest BCUT2D eigenvalue weighted by Crippen LogP contribution is -2.08. The van der Waals surface area contributed by atoms with E-state index in [9.17, 15) is 0 Å². The van der Waals surface area contributed by atoms with Gasteiger partial charge in [-0.1, -0.05) is 6.92 Å². The van der Waals surface area contributed by atoms with E-state index in [1.807, 2.05) is 6.92 Å². The second-order valence-electron chi connectivity index (χ2n) is 2.30. The van der Waals surface area contributed by atoms with Gasteiger partial charge in [0.1, 0.15) is 0 Å². The van der Waals surface area contributed by atoms with Gasteiger partial charge >= 0.3 is 0 Å². The Balaban J connectivity index is 0. The summed E-state index contributed by atoms with van der Waals surface area (Å²) in [5.41, 5.74) is 0. The Morgan fingerprint density at radius 2 is 1.54 bits per heavy atom. The molecule has 0 saturated carbocycles. The Hall–Kier alpha value is -0.200. The molecule has 0 aromatic rings. The zero-order chi connectivity index (χ0) is 10.5. The van der Waals surface area contributed by atoms with Gasteiger partial charge in [0, 0.05) is 0 Å². The van der Waals surface area contributed by atoms with Crippen molar-refractivity contribution in [1.29, 1.82) is 0 Å². The van der Waals surface area contributed by atoms with Crippen molar-refractivity contribution in [3.05, 3.63) is 0 Å². The van der Waals surface area contributed by atoms with Crippen molar-refractivity contribution in [2.75, 3.05) is 33.0 Å². The summed E-state index contributed by atoms with van der Waals surface area (Å²) in [5.74, 6) is 0. The molecule has 0 spiro atoms. The van der Waals surface area contributed by atoms with E-state index in [1.165, 1.54) is 0 Å². The van der Waals surface area contributed by atoms with E-state index in [-0.39, 0.29) is 19.8 Å². The summed E-state index contributed by atoms with van der Waals surface area (Å²) in [7, 11) is 0. The predicted octanol–water partition coefficient (Wildman–Crippen LogP) is -1.26. The molecule has 0 aromatic carbocycles. The van der Waals surface area contributed by atoms with E-state index in [0.717, 1.165) is 0 Å². The lowest BCUT2D eigenvalue weighted by atomic mass is 10.3. The van der Waals surface area contributed by atoms with Crippen LogP contribution in [0.2, 0.25) is 0 Å². The molecule has 0 heterocycles. The molecule has 1 atom stereocenters. The number of aliphatic hydroxyl groups excluding tert-OH is 4. The molecule has 13 heavy (non-hydrogen) atoms. The topological polar surface area (TPSA) is 90.2 Å². The van der Waals surface area contributed by atoms with Crippen molar-refractivity contribution in [2.24, 2.45) is 0 Å². The van der Waals surface area contributed by atoms with Crippen molar-refractivity contribution in [3.8, 4) is 0 Å². The summed E-state index contributed by atoms with van der Waals surface area (Å²) in [4.78, 5) is 0. The highest BCUT2D eigenvalue weighted by molar-refractivity contribution is 4.43. The van der Waals surface area contributed by atoms with Crippen LogP contribution in [0.4, 0.5) is 0 Å². The normalized spacial score (nSPS) is 11.8. The van der Waals surface area contributed by atoms with Crippen molar-refractivity contribution < 1.29 is 25.2 Å². The lowest BCUT2D eigenvalue weighted by Gasteiger charge is -1.97. The molecule has 0 aromatic heterocycles. The second-order valence-corrected chi connectivity index (χ2v) is 2.30. The molecule has 5 heteroatoms. The number of rotatable bonds is 6. The van der Waals surface area contributed by atoms with Gasteiger partial charge in [0.2, 0.25) is 0 Å². The molecule has 0 saturated heterocycles. The first-order valence-corrected chi connectivity index (χ1v) is 4.31. The zero-order valence-electron chi connectivity index (χ0n) is 8.02. The number of hydrogen-bond donors (Lipinski definition) is 4. The molecule has 0 amide bonds. The van der Waals surface area contributed by atoms with Crippen LogP contribution in [0.5, 0.6) is 0 Å². The minimum Gasteiger partial charge on any atom is -0.394 e. The first-order chi connectivity index (χ1) is 6.22. The third-order valence-corrected chi connectivity index (χ3v) is 1.15. The van der Waals surface area contributed by atoms with Gasteiger partial charge in [-0.2, -0.15) is 0 Å². The molecular weight excluding hydrogens is 176 g/mol. The molecule has 0 aliphatic rings. The molecule has 5 nitrogen and oxygen atoms in total. The van der Waals surface area contributed by atoms with Gasteiger partial charge in [-0.15, -0.1) is 0 Å². The number of hydrogen-bond acceptors (Lipinski definition) is 5. The van der Waals surface area contributed by atoms with E-state index in [4.69, 9.17) is 20.4 Å². The Labute approximate surface area is 78.6 Å². The van der Waals surface area contributed by atoms with Crippen LogP contribution in [0.1, 0.15) is 13.3 Å². The van der Waals surface area contributed by atoms with Crippen LogP contribution < -0.4 is 0 Å². The molecule has 1 unspecified atom stereocenters. The standard InChI is InChI=1S/C4H10O3.C4H10O2/c5-1-3-7-4-2-6;1-2-4(6)3-5/h5-6H,1-4H2;4-6H,2-3H2,1H3. The largest absolute Gasteiger partial charge is 0.394 e. The molecule has 82 valence electrons. The summed E-state index contributed by atoms with van der Waals surface area (Å²) in [6.07, 6.45) is 0.126. The molecule has 0 aliphatic heterocycles. The Bertz CT molecular complexity index is 70.9. The third kappa shape index (κ3) is 18.6. The van der Waals surface area contributed by atoms with Crippen molar-refractivity contribution in [2.45, 2.75) is 19.4 Å². The van der Waals surface area contributed by atoms with Crippen LogP contribution in [0.15, 0.2) is 0 Å². The molecule has 0 rings (SSSR count). The monoisotopic (exact) mass is 196 g/mol. The van der Waals surface area contributed by atoms with E-state index in [1.54, 1.807) is 0 Å². The molecule has 0 bridgehead atoms. The van der Waals surface area contributed by atoms with Crippen LogP contribution >= 0.6 is 0 Å². The summed E-state index contributed by atoms with van der Waals surface area (Å²) < 4.78 is 4.63. The molecule has 0 radical (unpaired) electrons. The smallest absolute Gasteiger partial charge is 0.0768 e. The van der Waals surface area contributed by atoms with Gasteiger partial charge in [0.05, 0.1) is 39.1 Å². The Morgan fingerprint density at radius 3 is 1.69 bits per heavy atom. The third-order valence-electron chi connectivity index (χ3n) is 1.15. The molecule has 4 N–H and O–H groups in total. The van der Waals surface area contributed by atoms with Gasteiger partial charge in [0.15, 0.2) is 0 Å².